The molecule has 0 heterocycles. The summed E-state index contributed by atoms with van der Waals surface area (Å²) >= 11 is 0. The largest absolute Gasteiger partial charge is 0.485 e. The zero-order valence-electron chi connectivity index (χ0n) is 24.3. The van der Waals surface area contributed by atoms with Crippen molar-refractivity contribution in [1.29, 1.82) is 0 Å². The predicted molar refractivity (Wildman–Crippen MR) is 162 cm³/mol. The van der Waals surface area contributed by atoms with Crippen LogP contribution in [0, 0.1) is 0 Å². The van der Waals surface area contributed by atoms with E-state index in [4.69, 9.17) is 18.9 Å². The quantitative estimate of drug-likeness (QED) is 0.163. The van der Waals surface area contributed by atoms with Crippen molar-refractivity contribution in [2.45, 2.75) is 52.6 Å². The van der Waals surface area contributed by atoms with Crippen LogP contribution in [-0.2, 0) is 34.1 Å². The minimum Gasteiger partial charge on any atom is -0.485 e. The summed E-state index contributed by atoms with van der Waals surface area (Å²) in [6, 6.07) is 34.3. The first-order chi connectivity index (χ1) is 20.3. The van der Waals surface area contributed by atoms with E-state index in [9.17, 15) is 9.59 Å². The Hall–Kier alpha value is -4.78. The minimum atomic E-state index is -0.728. The van der Waals surface area contributed by atoms with E-state index in [0.29, 0.717) is 30.4 Å². The second-order valence-electron chi connectivity index (χ2n) is 10.7. The van der Waals surface area contributed by atoms with Crippen molar-refractivity contribution in [3.05, 3.63) is 126 Å². The van der Waals surface area contributed by atoms with Crippen LogP contribution in [0.3, 0.4) is 0 Å². The normalized spacial score (nSPS) is 10.9. The van der Waals surface area contributed by atoms with Gasteiger partial charge in [0, 0.05) is 12.6 Å². The fourth-order valence-electron chi connectivity index (χ4n) is 4.02. The number of rotatable bonds is 12. The number of nitrogens with zero attached hydrogens (tertiary/aromatic N) is 1. The van der Waals surface area contributed by atoms with Gasteiger partial charge in [0.15, 0.2) is 11.5 Å². The third kappa shape index (κ3) is 9.70. The van der Waals surface area contributed by atoms with E-state index < -0.39 is 17.7 Å². The van der Waals surface area contributed by atoms with Gasteiger partial charge in [0.25, 0.3) is 0 Å². The lowest BCUT2D eigenvalue weighted by atomic mass is 10.2. The Balaban J connectivity index is 1.54. The summed E-state index contributed by atoms with van der Waals surface area (Å²) in [6.45, 7) is 6.28. The second-order valence-corrected chi connectivity index (χ2v) is 10.7. The molecule has 0 aromatic heterocycles. The van der Waals surface area contributed by atoms with Crippen LogP contribution in [0.25, 0.3) is 0 Å². The van der Waals surface area contributed by atoms with Crippen molar-refractivity contribution >= 4 is 17.7 Å². The molecule has 42 heavy (non-hydrogen) atoms. The summed E-state index contributed by atoms with van der Waals surface area (Å²) in [6.07, 6.45) is -0.594. The van der Waals surface area contributed by atoms with E-state index in [1.54, 1.807) is 39.0 Å². The predicted octanol–water partition coefficient (Wildman–Crippen LogP) is 7.72. The first-order valence-corrected chi connectivity index (χ1v) is 13.9. The Morgan fingerprint density at radius 3 is 1.67 bits per heavy atom. The number of hydrogen-bond acceptors (Lipinski definition) is 6. The molecule has 0 N–H and O–H groups in total. The third-order valence-corrected chi connectivity index (χ3v) is 6.11. The van der Waals surface area contributed by atoms with Gasteiger partial charge in [-0.25, -0.2) is 4.79 Å². The maximum absolute atomic E-state index is 13.3. The Morgan fingerprint density at radius 2 is 1.14 bits per heavy atom. The van der Waals surface area contributed by atoms with Gasteiger partial charge < -0.3 is 18.9 Å². The summed E-state index contributed by atoms with van der Waals surface area (Å²) in [5, 5.41) is 0. The lowest BCUT2D eigenvalue weighted by molar-refractivity contribution is -0.144. The molecule has 7 nitrogen and oxygen atoms in total. The van der Waals surface area contributed by atoms with Crippen molar-refractivity contribution in [2.75, 3.05) is 11.4 Å². The average molecular weight is 568 g/mol. The van der Waals surface area contributed by atoms with Crippen LogP contribution in [0.4, 0.5) is 10.5 Å². The molecule has 0 fully saturated rings. The van der Waals surface area contributed by atoms with Crippen molar-refractivity contribution in [3.63, 3.8) is 0 Å². The number of amides is 1. The molecule has 0 radical (unpaired) electrons. The van der Waals surface area contributed by atoms with Crippen LogP contribution in [0.2, 0.25) is 0 Å². The van der Waals surface area contributed by atoms with Gasteiger partial charge in [0.05, 0.1) is 12.1 Å². The van der Waals surface area contributed by atoms with Gasteiger partial charge in [0.2, 0.25) is 0 Å². The molecule has 0 aliphatic heterocycles. The first kappa shape index (κ1) is 30.2. The van der Waals surface area contributed by atoms with Gasteiger partial charge >= 0.3 is 12.1 Å². The Kier molecular flexibility index (Phi) is 10.6. The highest BCUT2D eigenvalue weighted by atomic mass is 16.6. The standard InChI is InChI=1S/C35H37NO6/c1-35(2,3)42-34(38)36(22-21-33(37)41-26-29-17-11-6-12-18-29)30-19-20-31(39-24-27-13-7-4-8-14-27)32(23-30)40-25-28-15-9-5-10-16-28/h4-20,23H,21-22,24-26H2,1-3H3. The fraction of sp³-hybridized carbons (Fsp3) is 0.257. The molecule has 0 spiro atoms. The number of anilines is 1. The van der Waals surface area contributed by atoms with E-state index in [1.807, 2.05) is 91.0 Å². The fourth-order valence-corrected chi connectivity index (χ4v) is 4.02. The smallest absolute Gasteiger partial charge is 0.414 e. The molecular formula is C35H37NO6. The van der Waals surface area contributed by atoms with Crippen LogP contribution >= 0.6 is 0 Å². The second kappa shape index (κ2) is 14.7. The average Bonchev–Trinajstić information content (AvgIpc) is 2.99. The Labute approximate surface area is 247 Å². The Bertz CT molecular complexity index is 1420. The maximum atomic E-state index is 13.3. The highest BCUT2D eigenvalue weighted by Crippen LogP contribution is 2.34. The number of carbonyl (C=O) groups is 2. The van der Waals surface area contributed by atoms with Crippen molar-refractivity contribution in [1.82, 2.24) is 0 Å². The van der Waals surface area contributed by atoms with E-state index in [0.717, 1.165) is 16.7 Å². The van der Waals surface area contributed by atoms with Crippen molar-refractivity contribution < 1.29 is 28.5 Å². The van der Waals surface area contributed by atoms with Crippen LogP contribution < -0.4 is 14.4 Å². The number of benzene rings is 4. The summed E-state index contributed by atoms with van der Waals surface area (Å²) in [7, 11) is 0. The molecule has 0 unspecified atom stereocenters. The molecule has 7 heteroatoms. The zero-order chi connectivity index (χ0) is 29.8. The highest BCUT2D eigenvalue weighted by molar-refractivity contribution is 5.89. The maximum Gasteiger partial charge on any atom is 0.414 e. The molecule has 4 aromatic carbocycles. The van der Waals surface area contributed by atoms with Gasteiger partial charge in [0.1, 0.15) is 25.4 Å². The van der Waals surface area contributed by atoms with Gasteiger partial charge in [-0.2, -0.15) is 0 Å². The van der Waals surface area contributed by atoms with Gasteiger partial charge in [-0.05, 0) is 49.6 Å². The Morgan fingerprint density at radius 1 is 0.643 bits per heavy atom. The summed E-state index contributed by atoms with van der Waals surface area (Å²) < 4.78 is 23.4. The summed E-state index contributed by atoms with van der Waals surface area (Å²) in [5.41, 5.74) is 2.67. The van der Waals surface area contributed by atoms with E-state index in [-0.39, 0.29) is 19.6 Å². The zero-order valence-corrected chi connectivity index (χ0v) is 24.3. The summed E-state index contributed by atoms with van der Waals surface area (Å²) in [4.78, 5) is 27.4. The summed E-state index contributed by atoms with van der Waals surface area (Å²) in [5.74, 6) is 0.577. The number of carbonyl (C=O) groups excluding carboxylic acids is 2. The van der Waals surface area contributed by atoms with Crippen LogP contribution in [0.5, 0.6) is 11.5 Å². The molecule has 4 rings (SSSR count). The molecule has 0 aliphatic rings. The minimum absolute atomic E-state index is 0.0153. The number of esters is 1. The third-order valence-electron chi connectivity index (χ3n) is 6.11. The van der Waals surface area contributed by atoms with Gasteiger partial charge in [-0.1, -0.05) is 91.0 Å². The molecule has 0 saturated carbocycles. The number of hydrogen-bond donors (Lipinski definition) is 0. The van der Waals surface area contributed by atoms with E-state index in [2.05, 4.69) is 0 Å². The van der Waals surface area contributed by atoms with Crippen molar-refractivity contribution in [3.8, 4) is 11.5 Å². The molecule has 0 aliphatic carbocycles. The monoisotopic (exact) mass is 567 g/mol. The molecule has 218 valence electrons. The van der Waals surface area contributed by atoms with Gasteiger partial charge in [-0.3, -0.25) is 9.69 Å². The van der Waals surface area contributed by atoms with Crippen LogP contribution in [0.15, 0.2) is 109 Å². The molecule has 0 bridgehead atoms. The van der Waals surface area contributed by atoms with E-state index in [1.165, 1.54) is 4.90 Å². The highest BCUT2D eigenvalue weighted by Gasteiger charge is 2.25. The molecule has 0 saturated heterocycles. The van der Waals surface area contributed by atoms with Gasteiger partial charge in [-0.15, -0.1) is 0 Å². The molecule has 0 atom stereocenters. The number of ether oxygens (including phenoxy) is 4. The van der Waals surface area contributed by atoms with Crippen molar-refractivity contribution in [2.24, 2.45) is 0 Å². The first-order valence-electron chi connectivity index (χ1n) is 13.9. The van der Waals surface area contributed by atoms with E-state index >= 15 is 0 Å². The van der Waals surface area contributed by atoms with Crippen LogP contribution in [0.1, 0.15) is 43.9 Å². The topological polar surface area (TPSA) is 74.3 Å². The molecule has 1 amide bonds. The molecular weight excluding hydrogens is 530 g/mol. The SMILES string of the molecule is CC(C)(C)OC(=O)N(CCC(=O)OCc1ccccc1)c1ccc(OCc2ccccc2)c(OCc2ccccc2)c1. The lowest BCUT2D eigenvalue weighted by Crippen LogP contribution is -2.38. The molecule has 4 aromatic rings. The van der Waals surface area contributed by atoms with Crippen LogP contribution in [-0.4, -0.2) is 24.2 Å². The lowest BCUT2D eigenvalue weighted by Gasteiger charge is -2.28.